The largest absolute Gasteiger partial charge is 0.378 e. The number of hydrogen-bond acceptors (Lipinski definition) is 3. The number of hydrogen-bond donors (Lipinski definition) is 3. The van der Waals surface area contributed by atoms with Crippen molar-refractivity contribution < 1.29 is 14.3 Å². The van der Waals surface area contributed by atoms with Crippen LogP contribution in [0.25, 0.3) is 0 Å². The number of benzene rings is 1. The number of anilines is 2. The van der Waals surface area contributed by atoms with Gasteiger partial charge in [-0.3, -0.25) is 4.79 Å². The molecule has 2 rings (SSSR count). The molecule has 0 aromatic heterocycles. The average Bonchev–Trinajstić information content (AvgIpc) is 3.01. The maximum absolute atomic E-state index is 11.9. The number of nitrogens with one attached hydrogen (secondary N) is 3. The molecule has 1 saturated heterocycles. The lowest BCUT2D eigenvalue weighted by Crippen LogP contribution is -2.31. The van der Waals surface area contributed by atoms with Crippen LogP contribution in [-0.2, 0) is 9.53 Å². The molecule has 1 aliphatic heterocycles. The van der Waals surface area contributed by atoms with Crippen molar-refractivity contribution >= 4 is 23.3 Å². The molecule has 0 radical (unpaired) electrons. The first-order valence-corrected chi connectivity index (χ1v) is 8.23. The molecule has 126 valence electrons. The Balaban J connectivity index is 1.75. The molecular weight excluding hydrogens is 294 g/mol. The highest BCUT2D eigenvalue weighted by molar-refractivity contribution is 5.93. The van der Waals surface area contributed by atoms with Gasteiger partial charge in [-0.2, -0.15) is 0 Å². The third-order valence-corrected chi connectivity index (χ3v) is 3.66. The highest BCUT2D eigenvalue weighted by Crippen LogP contribution is 2.16. The normalized spacial score (nSPS) is 16.8. The fourth-order valence-corrected chi connectivity index (χ4v) is 2.52. The van der Waals surface area contributed by atoms with Crippen LogP contribution in [0.4, 0.5) is 16.2 Å². The summed E-state index contributed by atoms with van der Waals surface area (Å²) in [4.78, 5) is 23.5. The van der Waals surface area contributed by atoms with Crippen LogP contribution in [-0.4, -0.2) is 31.2 Å². The van der Waals surface area contributed by atoms with Gasteiger partial charge in [-0.25, -0.2) is 4.79 Å². The Morgan fingerprint density at radius 3 is 2.74 bits per heavy atom. The zero-order chi connectivity index (χ0) is 16.5. The van der Waals surface area contributed by atoms with E-state index in [1.54, 1.807) is 24.3 Å². The Morgan fingerprint density at radius 2 is 2.04 bits per heavy atom. The number of rotatable bonds is 7. The lowest BCUT2D eigenvalue weighted by molar-refractivity contribution is -0.116. The zero-order valence-corrected chi connectivity index (χ0v) is 13.6. The number of carbonyl (C=O) groups is 2. The molecule has 1 aliphatic rings. The van der Waals surface area contributed by atoms with E-state index in [0.717, 1.165) is 32.3 Å². The van der Waals surface area contributed by atoms with Crippen LogP contribution in [0.2, 0.25) is 0 Å². The van der Waals surface area contributed by atoms with Crippen LogP contribution in [0, 0.1) is 0 Å². The Bertz CT molecular complexity index is 528. The minimum atomic E-state index is -0.250. The second kappa shape index (κ2) is 9.15. The fraction of sp³-hybridized carbons (Fsp3) is 0.529. The van der Waals surface area contributed by atoms with E-state index < -0.39 is 0 Å². The number of carbonyl (C=O) groups excluding carboxylic acids is 2. The van der Waals surface area contributed by atoms with Gasteiger partial charge in [0.25, 0.3) is 0 Å². The molecule has 3 N–H and O–H groups in total. The lowest BCUT2D eigenvalue weighted by Gasteiger charge is -2.12. The van der Waals surface area contributed by atoms with Gasteiger partial charge >= 0.3 is 6.03 Å². The van der Waals surface area contributed by atoms with Crippen LogP contribution in [0.3, 0.4) is 0 Å². The number of amides is 3. The van der Waals surface area contributed by atoms with Gasteiger partial charge in [-0.1, -0.05) is 13.0 Å². The standard InChI is InChI=1S/C17H25N3O3/c1-2-5-16(21)19-13-6-3-7-14(12-13)20-17(22)18-10-9-15-8-4-11-23-15/h3,6-7,12,15H,2,4-5,8-11H2,1H3,(H,19,21)(H2,18,20,22)/t15-/m1/s1. The third-order valence-electron chi connectivity index (χ3n) is 3.66. The van der Waals surface area contributed by atoms with Crippen LogP contribution >= 0.6 is 0 Å². The van der Waals surface area contributed by atoms with E-state index in [1.165, 1.54) is 0 Å². The van der Waals surface area contributed by atoms with Crippen molar-refractivity contribution in [2.24, 2.45) is 0 Å². The predicted molar refractivity (Wildman–Crippen MR) is 90.6 cm³/mol. The quantitative estimate of drug-likeness (QED) is 0.722. The summed E-state index contributed by atoms with van der Waals surface area (Å²) >= 11 is 0. The smallest absolute Gasteiger partial charge is 0.319 e. The van der Waals surface area contributed by atoms with E-state index in [4.69, 9.17) is 4.74 Å². The summed E-state index contributed by atoms with van der Waals surface area (Å²) < 4.78 is 5.51. The van der Waals surface area contributed by atoms with Crippen molar-refractivity contribution in [3.8, 4) is 0 Å². The Morgan fingerprint density at radius 1 is 1.26 bits per heavy atom. The first-order valence-electron chi connectivity index (χ1n) is 8.23. The molecular formula is C17H25N3O3. The zero-order valence-electron chi connectivity index (χ0n) is 13.6. The Kier molecular flexibility index (Phi) is 6.87. The summed E-state index contributed by atoms with van der Waals surface area (Å²) in [6.07, 6.45) is 4.57. The van der Waals surface area contributed by atoms with Crippen molar-refractivity contribution in [1.82, 2.24) is 5.32 Å². The van der Waals surface area contributed by atoms with E-state index in [9.17, 15) is 9.59 Å². The van der Waals surface area contributed by atoms with Gasteiger partial charge in [0.05, 0.1) is 6.10 Å². The van der Waals surface area contributed by atoms with E-state index in [-0.39, 0.29) is 18.0 Å². The molecule has 3 amide bonds. The van der Waals surface area contributed by atoms with Crippen LogP contribution in [0.5, 0.6) is 0 Å². The van der Waals surface area contributed by atoms with E-state index in [2.05, 4.69) is 16.0 Å². The molecule has 1 atom stereocenters. The minimum absolute atomic E-state index is 0.0225. The summed E-state index contributed by atoms with van der Waals surface area (Å²) in [6.45, 7) is 3.37. The van der Waals surface area contributed by atoms with Gasteiger partial charge in [0.15, 0.2) is 0 Å². The molecule has 1 aromatic carbocycles. The highest BCUT2D eigenvalue weighted by atomic mass is 16.5. The SMILES string of the molecule is CCCC(=O)Nc1cccc(NC(=O)NCC[C@H]2CCCO2)c1. The second-order valence-electron chi connectivity index (χ2n) is 5.68. The summed E-state index contributed by atoms with van der Waals surface area (Å²) in [5.41, 5.74) is 1.33. The third kappa shape index (κ3) is 6.28. The Hall–Kier alpha value is -2.08. The number of urea groups is 1. The van der Waals surface area contributed by atoms with Crippen molar-refractivity contribution in [2.45, 2.75) is 45.1 Å². The van der Waals surface area contributed by atoms with Crippen LogP contribution in [0.15, 0.2) is 24.3 Å². The van der Waals surface area contributed by atoms with Gasteiger partial charge in [0.2, 0.25) is 5.91 Å². The molecule has 0 spiro atoms. The predicted octanol–water partition coefficient (Wildman–Crippen LogP) is 3.12. The molecule has 0 aliphatic carbocycles. The first kappa shape index (κ1) is 17.3. The topological polar surface area (TPSA) is 79.5 Å². The average molecular weight is 319 g/mol. The maximum atomic E-state index is 11.9. The molecule has 1 fully saturated rings. The van der Waals surface area contributed by atoms with Crippen molar-refractivity contribution in [1.29, 1.82) is 0 Å². The first-order chi connectivity index (χ1) is 11.2. The van der Waals surface area contributed by atoms with Crippen molar-refractivity contribution in [2.75, 3.05) is 23.8 Å². The molecule has 1 heterocycles. The van der Waals surface area contributed by atoms with Crippen LogP contribution < -0.4 is 16.0 Å². The van der Waals surface area contributed by atoms with E-state index >= 15 is 0 Å². The molecule has 0 bridgehead atoms. The molecule has 0 unspecified atom stereocenters. The molecule has 1 aromatic rings. The van der Waals surface area contributed by atoms with Gasteiger partial charge in [-0.15, -0.1) is 0 Å². The number of ether oxygens (including phenoxy) is 1. The Labute approximate surface area is 137 Å². The fourth-order valence-electron chi connectivity index (χ4n) is 2.52. The van der Waals surface area contributed by atoms with Crippen molar-refractivity contribution in [3.63, 3.8) is 0 Å². The van der Waals surface area contributed by atoms with E-state index in [1.807, 2.05) is 6.92 Å². The van der Waals surface area contributed by atoms with Gasteiger partial charge in [0, 0.05) is 30.9 Å². The molecule has 6 nitrogen and oxygen atoms in total. The molecule has 6 heteroatoms. The minimum Gasteiger partial charge on any atom is -0.378 e. The lowest BCUT2D eigenvalue weighted by atomic mass is 10.2. The second-order valence-corrected chi connectivity index (χ2v) is 5.68. The van der Waals surface area contributed by atoms with Gasteiger partial charge < -0.3 is 20.7 Å². The molecule has 23 heavy (non-hydrogen) atoms. The summed E-state index contributed by atoms with van der Waals surface area (Å²) in [6, 6.07) is 6.88. The monoisotopic (exact) mass is 319 g/mol. The molecule has 0 saturated carbocycles. The van der Waals surface area contributed by atoms with Gasteiger partial charge in [0.1, 0.15) is 0 Å². The maximum Gasteiger partial charge on any atom is 0.319 e. The summed E-state index contributed by atoms with van der Waals surface area (Å²) in [5, 5.41) is 8.40. The summed E-state index contributed by atoms with van der Waals surface area (Å²) in [7, 11) is 0. The van der Waals surface area contributed by atoms with Crippen molar-refractivity contribution in [3.05, 3.63) is 24.3 Å². The van der Waals surface area contributed by atoms with E-state index in [0.29, 0.717) is 24.3 Å². The highest BCUT2D eigenvalue weighted by Gasteiger charge is 2.15. The van der Waals surface area contributed by atoms with Gasteiger partial charge in [-0.05, 0) is 43.9 Å². The summed E-state index contributed by atoms with van der Waals surface area (Å²) in [5.74, 6) is -0.0225. The van der Waals surface area contributed by atoms with Crippen LogP contribution in [0.1, 0.15) is 39.0 Å².